The van der Waals surface area contributed by atoms with Crippen LogP contribution in [-0.4, -0.2) is 85.5 Å². The number of alkyl carbamates (subject to hydrolysis) is 1. The van der Waals surface area contributed by atoms with E-state index in [2.05, 4.69) is 28.2 Å². The van der Waals surface area contributed by atoms with Crippen LogP contribution in [0.2, 0.25) is 0 Å². The summed E-state index contributed by atoms with van der Waals surface area (Å²) in [6.45, 7) is 7.61. The van der Waals surface area contributed by atoms with Crippen LogP contribution in [0.3, 0.4) is 0 Å². The molecule has 0 heterocycles. The molecule has 0 saturated heterocycles. The maximum Gasteiger partial charge on any atom is 0.407 e. The number of carbonyl (C=O) groups excluding carboxylic acids is 7. The molecule has 0 aliphatic heterocycles. The SMILES string of the molecule is CCC[C@H](NC(=O)[C@H]1CCC(CC(=O)C(CC2CCCCC2)NC(=O)OCC(C)C)[C@@H](C)CC1)C(=O)C(=O)NCC(=O)N[C@H](C(=O)N(C)C)c1ccccc1. The summed E-state index contributed by atoms with van der Waals surface area (Å²) in [6.07, 6.45) is 9.16. The van der Waals surface area contributed by atoms with E-state index in [1.165, 1.54) is 11.3 Å². The van der Waals surface area contributed by atoms with Gasteiger partial charge >= 0.3 is 6.09 Å². The molecule has 0 radical (unpaired) electrons. The van der Waals surface area contributed by atoms with E-state index in [0.29, 0.717) is 50.0 Å². The molecular weight excluding hydrogens is 702 g/mol. The molecule has 0 bridgehead atoms. The lowest BCUT2D eigenvalue weighted by Gasteiger charge is -2.28. The molecular formula is C42H65N5O8. The number of amides is 5. The second kappa shape index (κ2) is 22.9. The van der Waals surface area contributed by atoms with Gasteiger partial charge in [-0.2, -0.15) is 0 Å². The molecule has 55 heavy (non-hydrogen) atoms. The highest BCUT2D eigenvalue weighted by molar-refractivity contribution is 6.38. The maximum absolute atomic E-state index is 13.8. The van der Waals surface area contributed by atoms with Gasteiger partial charge in [0.25, 0.3) is 5.91 Å². The lowest BCUT2D eigenvalue weighted by atomic mass is 9.80. The van der Waals surface area contributed by atoms with Crippen molar-refractivity contribution in [1.29, 1.82) is 0 Å². The van der Waals surface area contributed by atoms with Gasteiger partial charge in [-0.05, 0) is 67.8 Å². The van der Waals surface area contributed by atoms with Crippen molar-refractivity contribution in [3.8, 4) is 0 Å². The Bertz CT molecular complexity index is 1440. The van der Waals surface area contributed by atoms with Gasteiger partial charge in [-0.3, -0.25) is 28.8 Å². The van der Waals surface area contributed by atoms with Crippen LogP contribution >= 0.6 is 0 Å². The first-order valence-corrected chi connectivity index (χ1v) is 20.3. The highest BCUT2D eigenvalue weighted by Crippen LogP contribution is 2.35. The molecule has 0 spiro atoms. The van der Waals surface area contributed by atoms with Gasteiger partial charge in [-0.25, -0.2) is 4.79 Å². The predicted octanol–water partition coefficient (Wildman–Crippen LogP) is 5.03. The second-order valence-electron chi connectivity index (χ2n) is 16.2. The van der Waals surface area contributed by atoms with Crippen LogP contribution in [0.1, 0.15) is 123 Å². The maximum atomic E-state index is 13.8. The molecule has 6 atom stereocenters. The normalized spacial score (nSPS) is 20.5. The minimum atomic E-state index is -1.06. The van der Waals surface area contributed by atoms with Crippen molar-refractivity contribution in [3.05, 3.63) is 35.9 Å². The molecule has 2 saturated carbocycles. The average Bonchev–Trinajstić information content (AvgIpc) is 3.35. The van der Waals surface area contributed by atoms with Crippen molar-refractivity contribution in [1.82, 2.24) is 26.2 Å². The summed E-state index contributed by atoms with van der Waals surface area (Å²) in [5.74, 6) is -2.78. The molecule has 2 aliphatic carbocycles. The minimum absolute atomic E-state index is 0.00000737. The predicted molar refractivity (Wildman–Crippen MR) is 209 cm³/mol. The summed E-state index contributed by atoms with van der Waals surface area (Å²) in [5, 5.41) is 10.7. The van der Waals surface area contributed by atoms with E-state index in [0.717, 1.165) is 32.1 Å². The zero-order chi connectivity index (χ0) is 40.5. The molecule has 4 N–H and O–H groups in total. The van der Waals surface area contributed by atoms with E-state index >= 15 is 0 Å². The van der Waals surface area contributed by atoms with Gasteiger partial charge < -0.3 is 30.9 Å². The van der Waals surface area contributed by atoms with Crippen LogP contribution in [-0.2, 0) is 33.5 Å². The largest absolute Gasteiger partial charge is 0.449 e. The van der Waals surface area contributed by atoms with Crippen molar-refractivity contribution in [3.63, 3.8) is 0 Å². The standard InChI is InChI=1S/C42H65N5O8/c1-7-14-33(38(50)40(52)43-25-36(49)46-37(41(53)47(5)6)30-17-12-9-13-18-30)44-39(51)31-20-19-28(4)32(22-21-31)24-35(48)34(23-29-15-10-8-11-16-29)45-42(54)55-26-27(2)3/h9,12-13,17-18,27-29,31-34,37H,7-8,10-11,14-16,19-26H2,1-6H3,(H,43,52)(H,44,51)(H,45,54)(H,46,49)/t28-,31+,32?,33-,34?,37-/m0/s1. The lowest BCUT2D eigenvalue weighted by Crippen LogP contribution is -2.50. The fraction of sp³-hybridized carbons (Fsp3) is 0.690. The van der Waals surface area contributed by atoms with E-state index in [1.807, 2.05) is 20.8 Å². The van der Waals surface area contributed by atoms with Gasteiger partial charge in [0.2, 0.25) is 23.5 Å². The number of hydrogen-bond donors (Lipinski definition) is 4. The number of benzene rings is 1. The van der Waals surface area contributed by atoms with Gasteiger partial charge in [0.1, 0.15) is 6.04 Å². The highest BCUT2D eigenvalue weighted by Gasteiger charge is 2.35. The van der Waals surface area contributed by atoms with Crippen LogP contribution in [0, 0.1) is 29.6 Å². The summed E-state index contributed by atoms with van der Waals surface area (Å²) in [6, 6.07) is 6.07. The van der Waals surface area contributed by atoms with Crippen LogP contribution in [0.4, 0.5) is 4.79 Å². The number of nitrogens with one attached hydrogen (secondary N) is 4. The number of nitrogens with zero attached hydrogens (tertiary/aromatic N) is 1. The molecule has 1 aromatic carbocycles. The van der Waals surface area contributed by atoms with Crippen LogP contribution in [0.25, 0.3) is 0 Å². The van der Waals surface area contributed by atoms with Crippen LogP contribution in [0.15, 0.2) is 30.3 Å². The van der Waals surface area contributed by atoms with Crippen molar-refractivity contribution < 1.29 is 38.3 Å². The Balaban J connectivity index is 1.56. The summed E-state index contributed by atoms with van der Waals surface area (Å²) >= 11 is 0. The Morgan fingerprint density at radius 2 is 1.51 bits per heavy atom. The Labute approximate surface area is 327 Å². The van der Waals surface area contributed by atoms with E-state index < -0.39 is 54.3 Å². The third-order valence-electron chi connectivity index (χ3n) is 11.0. The molecule has 2 aliphatic rings. The number of ketones is 2. The van der Waals surface area contributed by atoms with Crippen molar-refractivity contribution in [2.45, 2.75) is 129 Å². The molecule has 5 amide bonds. The van der Waals surface area contributed by atoms with E-state index in [-0.39, 0.29) is 48.4 Å². The quantitative estimate of drug-likeness (QED) is 0.112. The average molecular weight is 768 g/mol. The van der Waals surface area contributed by atoms with E-state index in [4.69, 9.17) is 4.74 Å². The lowest BCUT2D eigenvalue weighted by molar-refractivity contribution is -0.141. The zero-order valence-electron chi connectivity index (χ0n) is 33.8. The van der Waals surface area contributed by atoms with Crippen molar-refractivity contribution in [2.75, 3.05) is 27.2 Å². The molecule has 2 unspecified atom stereocenters. The molecule has 13 nitrogen and oxygen atoms in total. The Kier molecular flexibility index (Phi) is 18.8. The van der Waals surface area contributed by atoms with Crippen molar-refractivity contribution in [2.24, 2.45) is 29.6 Å². The van der Waals surface area contributed by atoms with Gasteiger partial charge in [0.05, 0.1) is 25.2 Å². The van der Waals surface area contributed by atoms with Gasteiger partial charge in [0, 0.05) is 26.4 Å². The fourth-order valence-electron chi connectivity index (χ4n) is 7.62. The number of Topliss-reactive ketones (excluding diaryl/α,β-unsaturated/α-hetero) is 2. The van der Waals surface area contributed by atoms with Gasteiger partial charge in [-0.15, -0.1) is 0 Å². The van der Waals surface area contributed by atoms with Crippen LogP contribution in [0.5, 0.6) is 0 Å². The molecule has 306 valence electrons. The minimum Gasteiger partial charge on any atom is -0.449 e. The van der Waals surface area contributed by atoms with Crippen LogP contribution < -0.4 is 21.3 Å². The first-order valence-electron chi connectivity index (χ1n) is 20.3. The first kappa shape index (κ1) is 45.1. The Morgan fingerprint density at radius 3 is 2.15 bits per heavy atom. The van der Waals surface area contributed by atoms with Gasteiger partial charge in [-0.1, -0.05) is 96.6 Å². The second-order valence-corrected chi connectivity index (χ2v) is 16.2. The molecule has 0 aromatic heterocycles. The van der Waals surface area contributed by atoms with E-state index in [9.17, 15) is 33.6 Å². The number of carbonyl (C=O) groups is 7. The molecule has 1 aromatic rings. The third-order valence-corrected chi connectivity index (χ3v) is 11.0. The number of hydrogen-bond acceptors (Lipinski definition) is 8. The number of rotatable bonds is 19. The third kappa shape index (κ3) is 15.0. The van der Waals surface area contributed by atoms with Gasteiger partial charge in [0.15, 0.2) is 5.78 Å². The fourth-order valence-corrected chi connectivity index (χ4v) is 7.62. The number of ether oxygens (including phenoxy) is 1. The first-order chi connectivity index (χ1) is 26.2. The summed E-state index contributed by atoms with van der Waals surface area (Å²) in [7, 11) is 3.15. The highest BCUT2D eigenvalue weighted by atomic mass is 16.5. The Hall–Kier alpha value is -4.29. The molecule has 13 heteroatoms. The zero-order valence-corrected chi connectivity index (χ0v) is 33.8. The smallest absolute Gasteiger partial charge is 0.407 e. The molecule has 2 fully saturated rings. The Morgan fingerprint density at radius 1 is 0.836 bits per heavy atom. The van der Waals surface area contributed by atoms with Crippen molar-refractivity contribution >= 4 is 41.3 Å². The monoisotopic (exact) mass is 767 g/mol. The molecule has 3 rings (SSSR count). The van der Waals surface area contributed by atoms with E-state index in [1.54, 1.807) is 44.4 Å². The topological polar surface area (TPSA) is 180 Å². The summed E-state index contributed by atoms with van der Waals surface area (Å²) in [4.78, 5) is 93.2. The summed E-state index contributed by atoms with van der Waals surface area (Å²) < 4.78 is 5.37. The summed E-state index contributed by atoms with van der Waals surface area (Å²) in [5.41, 5.74) is 0.573. The number of likely N-dealkylation sites (N-methyl/N-ethyl adjacent to an activating group) is 1.